The molecule has 0 saturated carbocycles. The Morgan fingerprint density at radius 3 is 2.67 bits per heavy atom. The minimum Gasteiger partial charge on any atom is -0.396 e. The zero-order valence-corrected chi connectivity index (χ0v) is 10.6. The topological polar surface area (TPSA) is 49.2 Å². The number of fused-ring (bicyclic) bond motifs is 1. The summed E-state index contributed by atoms with van der Waals surface area (Å²) in [7, 11) is 0. The molecule has 1 aromatic carbocycles. The number of aromatic nitrogens is 2. The van der Waals surface area contributed by atoms with E-state index in [1.54, 1.807) is 0 Å². The molecular weight excluding hydrogens is 250 g/mol. The highest BCUT2D eigenvalue weighted by Gasteiger charge is 2.25. The van der Waals surface area contributed by atoms with Crippen molar-refractivity contribution >= 4 is 28.5 Å². The average Bonchev–Trinajstić information content (AvgIpc) is 2.86. The number of nitrogens with zero attached hydrogens (tertiary/aromatic N) is 3. The maximum Gasteiger partial charge on any atom is 0.172 e. The van der Waals surface area contributed by atoms with Crippen molar-refractivity contribution in [2.45, 2.75) is 6.42 Å². The van der Waals surface area contributed by atoms with Gasteiger partial charge in [-0.3, -0.25) is 0 Å². The third kappa shape index (κ3) is 2.02. The first-order valence-corrected chi connectivity index (χ1v) is 6.44. The van der Waals surface area contributed by atoms with Crippen LogP contribution >= 0.6 is 11.6 Å². The molecule has 1 fully saturated rings. The minimum atomic E-state index is 0.217. The van der Waals surface area contributed by atoms with E-state index in [2.05, 4.69) is 14.9 Å². The van der Waals surface area contributed by atoms with Crippen LogP contribution in [0.15, 0.2) is 24.3 Å². The molecule has 1 atom stereocenters. The molecule has 0 unspecified atom stereocenters. The molecule has 1 aromatic heterocycles. The van der Waals surface area contributed by atoms with Crippen LogP contribution in [0.5, 0.6) is 0 Å². The Morgan fingerprint density at radius 1 is 1.28 bits per heavy atom. The molecule has 0 radical (unpaired) electrons. The maximum atomic E-state index is 9.18. The number of anilines is 1. The lowest BCUT2D eigenvalue weighted by molar-refractivity contribution is 0.238. The van der Waals surface area contributed by atoms with Crippen molar-refractivity contribution < 1.29 is 5.11 Å². The predicted molar refractivity (Wildman–Crippen MR) is 72.0 cm³/mol. The van der Waals surface area contributed by atoms with Gasteiger partial charge in [-0.1, -0.05) is 23.7 Å². The van der Waals surface area contributed by atoms with E-state index >= 15 is 0 Å². The van der Waals surface area contributed by atoms with Gasteiger partial charge in [0.05, 0.1) is 11.0 Å². The fraction of sp³-hybridized carbons (Fsp3) is 0.385. The number of hydrogen-bond acceptors (Lipinski definition) is 4. The molecule has 2 heterocycles. The Hall–Kier alpha value is -1.39. The van der Waals surface area contributed by atoms with Crippen LogP contribution in [0, 0.1) is 5.92 Å². The number of halogens is 1. The van der Waals surface area contributed by atoms with Gasteiger partial charge in [0.2, 0.25) is 0 Å². The molecule has 1 aliphatic rings. The van der Waals surface area contributed by atoms with Crippen molar-refractivity contribution in [2.24, 2.45) is 5.92 Å². The molecular formula is C13H14ClN3O. The predicted octanol–water partition coefficient (Wildman–Crippen LogP) is 2.10. The summed E-state index contributed by atoms with van der Waals surface area (Å²) in [5.41, 5.74) is 1.66. The van der Waals surface area contributed by atoms with E-state index in [4.69, 9.17) is 11.6 Å². The fourth-order valence-corrected chi connectivity index (χ4v) is 2.60. The second-order valence-corrected chi connectivity index (χ2v) is 4.97. The zero-order chi connectivity index (χ0) is 12.5. The van der Waals surface area contributed by atoms with E-state index in [1.807, 2.05) is 24.3 Å². The standard InChI is InChI=1S/C13H14ClN3O/c14-12-13(17-6-5-9(7-17)8-18)16-11-4-2-1-3-10(11)15-12/h1-4,9,18H,5-8H2/t9-/m1/s1. The van der Waals surface area contributed by atoms with Crippen LogP contribution in [0.2, 0.25) is 5.15 Å². The SMILES string of the molecule is OC[C@@H]1CCN(c2nc3ccccc3nc2Cl)C1. The third-order valence-electron chi connectivity index (χ3n) is 3.35. The zero-order valence-electron chi connectivity index (χ0n) is 9.88. The molecule has 2 aromatic rings. The van der Waals surface area contributed by atoms with E-state index < -0.39 is 0 Å². The van der Waals surface area contributed by atoms with Crippen LogP contribution < -0.4 is 4.90 Å². The highest BCUT2D eigenvalue weighted by molar-refractivity contribution is 6.32. The van der Waals surface area contributed by atoms with Crippen LogP contribution in [0.25, 0.3) is 11.0 Å². The highest BCUT2D eigenvalue weighted by atomic mass is 35.5. The average molecular weight is 264 g/mol. The monoisotopic (exact) mass is 263 g/mol. The number of rotatable bonds is 2. The van der Waals surface area contributed by atoms with E-state index in [0.717, 1.165) is 36.4 Å². The van der Waals surface area contributed by atoms with E-state index in [0.29, 0.717) is 11.1 Å². The molecule has 18 heavy (non-hydrogen) atoms. The first-order valence-electron chi connectivity index (χ1n) is 6.06. The third-order valence-corrected chi connectivity index (χ3v) is 3.61. The van der Waals surface area contributed by atoms with Gasteiger partial charge in [0.1, 0.15) is 0 Å². The molecule has 5 heteroatoms. The van der Waals surface area contributed by atoms with Gasteiger partial charge >= 0.3 is 0 Å². The van der Waals surface area contributed by atoms with Gasteiger partial charge in [-0.2, -0.15) is 0 Å². The summed E-state index contributed by atoms with van der Waals surface area (Å²) in [5.74, 6) is 1.04. The van der Waals surface area contributed by atoms with Crippen LogP contribution in [-0.2, 0) is 0 Å². The van der Waals surface area contributed by atoms with Gasteiger partial charge in [-0.15, -0.1) is 0 Å². The smallest absolute Gasteiger partial charge is 0.172 e. The molecule has 0 spiro atoms. The van der Waals surface area contributed by atoms with Gasteiger partial charge in [0.25, 0.3) is 0 Å². The quantitative estimate of drug-likeness (QED) is 0.902. The largest absolute Gasteiger partial charge is 0.396 e. The number of para-hydroxylation sites is 2. The second-order valence-electron chi connectivity index (χ2n) is 4.61. The lowest BCUT2D eigenvalue weighted by atomic mass is 10.1. The number of aliphatic hydroxyl groups excluding tert-OH is 1. The second kappa shape index (κ2) is 4.71. The lowest BCUT2D eigenvalue weighted by Crippen LogP contribution is -2.22. The molecule has 4 nitrogen and oxygen atoms in total. The van der Waals surface area contributed by atoms with Crippen molar-refractivity contribution in [2.75, 3.05) is 24.6 Å². The first-order chi connectivity index (χ1) is 8.78. The molecule has 94 valence electrons. The highest BCUT2D eigenvalue weighted by Crippen LogP contribution is 2.28. The van der Waals surface area contributed by atoms with Crippen molar-refractivity contribution in [3.8, 4) is 0 Å². The first kappa shape index (κ1) is 11.7. The Bertz CT molecular complexity index is 575. The van der Waals surface area contributed by atoms with E-state index in [9.17, 15) is 5.11 Å². The summed E-state index contributed by atoms with van der Waals surface area (Å²) in [6.45, 7) is 1.89. The summed E-state index contributed by atoms with van der Waals surface area (Å²) >= 11 is 6.20. The van der Waals surface area contributed by atoms with Crippen molar-refractivity contribution in [3.63, 3.8) is 0 Å². The van der Waals surface area contributed by atoms with Crippen LogP contribution in [-0.4, -0.2) is 34.8 Å². The molecule has 0 aliphatic carbocycles. The van der Waals surface area contributed by atoms with Gasteiger partial charge in [0, 0.05) is 25.6 Å². The van der Waals surface area contributed by atoms with Crippen molar-refractivity contribution in [1.29, 1.82) is 0 Å². The van der Waals surface area contributed by atoms with Gasteiger partial charge < -0.3 is 10.0 Å². The van der Waals surface area contributed by atoms with Crippen molar-refractivity contribution in [1.82, 2.24) is 9.97 Å². The lowest BCUT2D eigenvalue weighted by Gasteiger charge is -2.18. The fourth-order valence-electron chi connectivity index (χ4n) is 2.34. The Kier molecular flexibility index (Phi) is 3.06. The normalized spacial score (nSPS) is 19.7. The van der Waals surface area contributed by atoms with Crippen LogP contribution in [0.4, 0.5) is 5.82 Å². The summed E-state index contributed by atoms with van der Waals surface area (Å²) in [6.07, 6.45) is 0.974. The van der Waals surface area contributed by atoms with Crippen LogP contribution in [0.1, 0.15) is 6.42 Å². The van der Waals surface area contributed by atoms with E-state index in [1.165, 1.54) is 0 Å². The molecule has 0 bridgehead atoms. The van der Waals surface area contributed by atoms with Gasteiger partial charge in [-0.25, -0.2) is 9.97 Å². The van der Waals surface area contributed by atoms with Gasteiger partial charge in [0.15, 0.2) is 11.0 Å². The number of benzene rings is 1. The molecule has 1 aliphatic heterocycles. The summed E-state index contributed by atoms with van der Waals surface area (Å²) in [5, 5.41) is 9.61. The maximum absolute atomic E-state index is 9.18. The molecule has 1 N–H and O–H groups in total. The Labute approximate surface area is 110 Å². The van der Waals surface area contributed by atoms with E-state index in [-0.39, 0.29) is 6.61 Å². The van der Waals surface area contributed by atoms with Gasteiger partial charge in [-0.05, 0) is 18.6 Å². The summed E-state index contributed by atoms with van der Waals surface area (Å²) < 4.78 is 0. The minimum absolute atomic E-state index is 0.217. The Morgan fingerprint density at radius 2 is 2.00 bits per heavy atom. The van der Waals surface area contributed by atoms with Crippen LogP contribution in [0.3, 0.4) is 0 Å². The Balaban J connectivity index is 1.99. The molecule has 3 rings (SSSR count). The number of hydrogen-bond donors (Lipinski definition) is 1. The van der Waals surface area contributed by atoms with Crippen molar-refractivity contribution in [3.05, 3.63) is 29.4 Å². The summed E-state index contributed by atoms with van der Waals surface area (Å²) in [4.78, 5) is 11.0. The molecule has 0 amide bonds. The summed E-state index contributed by atoms with van der Waals surface area (Å²) in [6, 6.07) is 7.69. The molecule has 1 saturated heterocycles. The number of aliphatic hydroxyl groups is 1.